The van der Waals surface area contributed by atoms with E-state index in [1.165, 1.54) is 19.3 Å². The van der Waals surface area contributed by atoms with E-state index in [4.69, 9.17) is 4.74 Å². The van der Waals surface area contributed by atoms with E-state index in [0.717, 1.165) is 41.9 Å². The van der Waals surface area contributed by atoms with Crippen molar-refractivity contribution >= 4 is 28.8 Å². The maximum Gasteiger partial charge on any atom is 0.267 e. The molecule has 33 heavy (non-hydrogen) atoms. The van der Waals surface area contributed by atoms with Crippen molar-refractivity contribution in [3.63, 3.8) is 0 Å². The molecule has 0 aliphatic carbocycles. The molecule has 0 radical (unpaired) electrons. The number of H-pyrrole nitrogens is 1. The SMILES string of the molecule is COc1ccc2[nH]cc(/C=C(/NC(=O)c3ccccc3)C(=O)NCCN3CCCCC3)c2c1. The van der Waals surface area contributed by atoms with Crippen molar-refractivity contribution in [2.24, 2.45) is 0 Å². The first-order valence-corrected chi connectivity index (χ1v) is 11.4. The smallest absolute Gasteiger partial charge is 0.267 e. The van der Waals surface area contributed by atoms with Gasteiger partial charge in [-0.05, 0) is 62.3 Å². The number of rotatable bonds is 8. The number of carbonyl (C=O) groups is 2. The van der Waals surface area contributed by atoms with Gasteiger partial charge in [0, 0.05) is 41.3 Å². The van der Waals surface area contributed by atoms with Crippen LogP contribution in [0.25, 0.3) is 17.0 Å². The van der Waals surface area contributed by atoms with Crippen LogP contribution in [0.5, 0.6) is 5.75 Å². The number of hydrogen-bond acceptors (Lipinski definition) is 4. The number of hydrogen-bond donors (Lipinski definition) is 3. The van der Waals surface area contributed by atoms with Crippen molar-refractivity contribution in [2.45, 2.75) is 19.3 Å². The van der Waals surface area contributed by atoms with Crippen molar-refractivity contribution in [3.05, 3.63) is 71.6 Å². The highest BCUT2D eigenvalue weighted by Crippen LogP contribution is 2.25. The van der Waals surface area contributed by atoms with Gasteiger partial charge in [0.15, 0.2) is 0 Å². The van der Waals surface area contributed by atoms with E-state index in [1.54, 1.807) is 37.5 Å². The minimum Gasteiger partial charge on any atom is -0.497 e. The number of nitrogens with one attached hydrogen (secondary N) is 3. The first-order chi connectivity index (χ1) is 16.1. The van der Waals surface area contributed by atoms with Gasteiger partial charge < -0.3 is 25.3 Å². The highest BCUT2D eigenvalue weighted by atomic mass is 16.5. The third-order valence-electron chi connectivity index (χ3n) is 5.91. The van der Waals surface area contributed by atoms with E-state index < -0.39 is 0 Å². The molecule has 172 valence electrons. The van der Waals surface area contributed by atoms with E-state index >= 15 is 0 Å². The molecule has 7 heteroatoms. The molecule has 0 atom stereocenters. The zero-order valence-electron chi connectivity index (χ0n) is 18.9. The molecule has 0 bridgehead atoms. The van der Waals surface area contributed by atoms with Gasteiger partial charge in [-0.15, -0.1) is 0 Å². The van der Waals surface area contributed by atoms with E-state index in [0.29, 0.717) is 12.1 Å². The van der Waals surface area contributed by atoms with Crippen LogP contribution >= 0.6 is 0 Å². The van der Waals surface area contributed by atoms with Gasteiger partial charge in [-0.25, -0.2) is 0 Å². The Kier molecular flexibility index (Phi) is 7.42. The summed E-state index contributed by atoms with van der Waals surface area (Å²) >= 11 is 0. The summed E-state index contributed by atoms with van der Waals surface area (Å²) in [6.45, 7) is 3.47. The number of benzene rings is 2. The molecule has 2 aromatic carbocycles. The molecule has 0 spiro atoms. The van der Waals surface area contributed by atoms with Crippen LogP contribution in [0, 0.1) is 0 Å². The second-order valence-electron chi connectivity index (χ2n) is 8.19. The largest absolute Gasteiger partial charge is 0.497 e. The summed E-state index contributed by atoms with van der Waals surface area (Å²) in [5.41, 5.74) is 2.40. The van der Waals surface area contributed by atoms with Crippen LogP contribution < -0.4 is 15.4 Å². The number of carbonyl (C=O) groups excluding carboxylic acids is 2. The lowest BCUT2D eigenvalue weighted by molar-refractivity contribution is -0.117. The van der Waals surface area contributed by atoms with E-state index in [1.807, 2.05) is 30.5 Å². The van der Waals surface area contributed by atoms with E-state index in [-0.39, 0.29) is 17.5 Å². The van der Waals surface area contributed by atoms with Crippen LogP contribution in [0.1, 0.15) is 35.2 Å². The highest BCUT2D eigenvalue weighted by molar-refractivity contribution is 6.06. The second kappa shape index (κ2) is 10.8. The fourth-order valence-electron chi connectivity index (χ4n) is 4.07. The zero-order chi connectivity index (χ0) is 23.0. The van der Waals surface area contributed by atoms with Crippen molar-refractivity contribution in [2.75, 3.05) is 33.3 Å². The average Bonchev–Trinajstić information content (AvgIpc) is 3.26. The topological polar surface area (TPSA) is 86.5 Å². The Hall–Kier alpha value is -3.58. The van der Waals surface area contributed by atoms with E-state index in [9.17, 15) is 9.59 Å². The molecule has 1 fully saturated rings. The lowest BCUT2D eigenvalue weighted by Gasteiger charge is -2.26. The minimum absolute atomic E-state index is 0.200. The van der Waals surface area contributed by atoms with Gasteiger partial charge in [-0.2, -0.15) is 0 Å². The maximum absolute atomic E-state index is 13.1. The first-order valence-electron chi connectivity index (χ1n) is 11.4. The summed E-state index contributed by atoms with van der Waals surface area (Å²) in [5.74, 6) is 0.0802. The average molecular weight is 447 g/mol. The van der Waals surface area contributed by atoms with Crippen LogP contribution in [0.2, 0.25) is 0 Å². The lowest BCUT2D eigenvalue weighted by atomic mass is 10.1. The van der Waals surface area contributed by atoms with Crippen molar-refractivity contribution in [3.8, 4) is 5.75 Å². The van der Waals surface area contributed by atoms with Crippen LogP contribution in [-0.2, 0) is 4.79 Å². The predicted octanol–water partition coefficient (Wildman–Crippen LogP) is 3.55. The van der Waals surface area contributed by atoms with Gasteiger partial charge >= 0.3 is 0 Å². The zero-order valence-corrected chi connectivity index (χ0v) is 18.9. The molecule has 1 saturated heterocycles. The Morgan fingerprint density at radius 2 is 1.88 bits per heavy atom. The van der Waals surface area contributed by atoms with Gasteiger partial charge in [0.1, 0.15) is 11.4 Å². The van der Waals surface area contributed by atoms with Crippen LogP contribution in [0.15, 0.2) is 60.4 Å². The molecule has 4 rings (SSSR count). The van der Waals surface area contributed by atoms with Gasteiger partial charge in [0.25, 0.3) is 11.8 Å². The number of ether oxygens (including phenoxy) is 1. The number of methoxy groups -OCH3 is 1. The van der Waals surface area contributed by atoms with Crippen LogP contribution in [0.4, 0.5) is 0 Å². The highest BCUT2D eigenvalue weighted by Gasteiger charge is 2.16. The van der Waals surface area contributed by atoms with Gasteiger partial charge in [-0.1, -0.05) is 24.6 Å². The van der Waals surface area contributed by atoms with Crippen LogP contribution in [-0.4, -0.2) is 55.0 Å². The summed E-state index contributed by atoms with van der Waals surface area (Å²) in [6, 6.07) is 14.6. The fourth-order valence-corrected chi connectivity index (χ4v) is 4.07. The molecule has 2 amide bonds. The van der Waals surface area contributed by atoms with Crippen molar-refractivity contribution in [1.82, 2.24) is 20.5 Å². The quantitative estimate of drug-likeness (QED) is 0.462. The lowest BCUT2D eigenvalue weighted by Crippen LogP contribution is -2.40. The van der Waals surface area contributed by atoms with Gasteiger partial charge in [0.2, 0.25) is 0 Å². The number of fused-ring (bicyclic) bond motifs is 1. The summed E-state index contributed by atoms with van der Waals surface area (Å²) in [7, 11) is 1.62. The normalized spacial score (nSPS) is 14.8. The number of likely N-dealkylation sites (tertiary alicyclic amines) is 1. The molecule has 0 unspecified atom stereocenters. The Balaban J connectivity index is 1.55. The van der Waals surface area contributed by atoms with E-state index in [2.05, 4.69) is 20.5 Å². The van der Waals surface area contributed by atoms with Gasteiger partial charge in [-0.3, -0.25) is 9.59 Å². The Labute approximate surface area is 193 Å². The summed E-state index contributed by atoms with van der Waals surface area (Å²) < 4.78 is 5.34. The number of aromatic amines is 1. The maximum atomic E-state index is 13.1. The number of nitrogens with zero attached hydrogens (tertiary/aromatic N) is 1. The molecular formula is C26H30N4O3. The van der Waals surface area contributed by atoms with Crippen LogP contribution in [0.3, 0.4) is 0 Å². The number of amides is 2. The third kappa shape index (κ3) is 5.81. The molecule has 0 saturated carbocycles. The minimum atomic E-state index is -0.328. The second-order valence-corrected chi connectivity index (χ2v) is 8.19. The summed E-state index contributed by atoms with van der Waals surface area (Å²) in [6.07, 6.45) is 7.21. The van der Waals surface area contributed by atoms with Crippen molar-refractivity contribution in [1.29, 1.82) is 0 Å². The summed E-state index contributed by atoms with van der Waals surface area (Å²) in [4.78, 5) is 31.5. The van der Waals surface area contributed by atoms with Gasteiger partial charge in [0.05, 0.1) is 7.11 Å². The molecule has 1 aliphatic heterocycles. The first kappa shape index (κ1) is 22.6. The summed E-state index contributed by atoms with van der Waals surface area (Å²) in [5, 5.41) is 6.68. The molecule has 7 nitrogen and oxygen atoms in total. The standard InChI is InChI=1S/C26H30N4O3/c1-33-21-10-11-23-22(17-21)20(18-28-23)16-24(29-25(31)19-8-4-2-5-9-19)26(32)27-12-15-30-13-6-3-7-14-30/h2,4-5,8-11,16-18,28H,3,6-7,12-15H2,1H3,(H,27,32)(H,29,31)/b24-16+. The Morgan fingerprint density at radius 3 is 2.64 bits per heavy atom. The number of aromatic nitrogens is 1. The van der Waals surface area contributed by atoms with Crippen molar-refractivity contribution < 1.29 is 14.3 Å². The monoisotopic (exact) mass is 446 g/mol. The number of piperidine rings is 1. The molecule has 3 N–H and O–H groups in total. The molecule has 2 heterocycles. The third-order valence-corrected chi connectivity index (χ3v) is 5.91. The fraction of sp³-hybridized carbons (Fsp3) is 0.308. The molecular weight excluding hydrogens is 416 g/mol. The molecule has 3 aromatic rings. The molecule has 1 aliphatic rings. The molecule has 1 aromatic heterocycles. The predicted molar refractivity (Wildman–Crippen MR) is 130 cm³/mol. The Morgan fingerprint density at radius 1 is 1.09 bits per heavy atom. The Bertz CT molecular complexity index is 1130.